The zero-order valence-corrected chi connectivity index (χ0v) is 15.4. The highest BCUT2D eigenvalue weighted by Crippen LogP contribution is 2.43. The molecule has 0 aliphatic heterocycles. The Labute approximate surface area is 154 Å². The molecule has 2 N–H and O–H groups in total. The maximum Gasteiger partial charge on any atom is 0.223 e. The van der Waals surface area contributed by atoms with Crippen LogP contribution in [0.2, 0.25) is 0 Å². The molecule has 26 heavy (non-hydrogen) atoms. The second-order valence-corrected chi connectivity index (χ2v) is 7.29. The van der Waals surface area contributed by atoms with E-state index in [1.54, 1.807) is 0 Å². The van der Waals surface area contributed by atoms with Crippen LogP contribution in [0.15, 0.2) is 18.3 Å². The van der Waals surface area contributed by atoms with Crippen molar-refractivity contribution in [2.75, 3.05) is 11.9 Å². The van der Waals surface area contributed by atoms with Crippen molar-refractivity contribution in [2.24, 2.45) is 0 Å². The van der Waals surface area contributed by atoms with Gasteiger partial charge < -0.3 is 10.4 Å². The normalized spacial score (nSPS) is 12.6. The number of rotatable bonds is 4. The number of aromatic nitrogens is 4. The lowest BCUT2D eigenvalue weighted by atomic mass is 9.95. The van der Waals surface area contributed by atoms with Crippen LogP contribution in [-0.4, -0.2) is 37.4 Å². The summed E-state index contributed by atoms with van der Waals surface area (Å²) in [5.41, 5.74) is 5.94. The number of hydrogen-bond donors (Lipinski definition) is 2. The molecule has 7 nitrogen and oxygen atoms in total. The number of aliphatic hydroxyl groups is 1. The molecule has 0 saturated heterocycles. The van der Waals surface area contributed by atoms with E-state index < -0.39 is 0 Å². The fourth-order valence-electron chi connectivity index (χ4n) is 3.24. The van der Waals surface area contributed by atoms with E-state index in [0.29, 0.717) is 11.7 Å². The first-order valence-electron chi connectivity index (χ1n) is 8.48. The minimum absolute atomic E-state index is 0.00635. The van der Waals surface area contributed by atoms with Gasteiger partial charge in [0.15, 0.2) is 5.13 Å². The first-order valence-corrected chi connectivity index (χ1v) is 9.29. The number of amides is 1. The van der Waals surface area contributed by atoms with Gasteiger partial charge in [0, 0.05) is 29.9 Å². The fourth-order valence-corrected chi connectivity index (χ4v) is 4.37. The molecule has 0 unspecified atom stereocenters. The van der Waals surface area contributed by atoms with Crippen LogP contribution < -0.4 is 5.32 Å². The number of fused-ring (bicyclic) bond motifs is 3. The molecule has 1 amide bonds. The van der Waals surface area contributed by atoms with Gasteiger partial charge in [-0.1, -0.05) is 11.3 Å². The molecule has 0 bridgehead atoms. The number of pyridine rings is 1. The van der Waals surface area contributed by atoms with E-state index in [0.717, 1.165) is 51.6 Å². The quantitative estimate of drug-likeness (QED) is 0.737. The number of thiazole rings is 1. The summed E-state index contributed by atoms with van der Waals surface area (Å²) in [4.78, 5) is 21.3. The van der Waals surface area contributed by atoms with Crippen molar-refractivity contribution in [3.05, 3.63) is 35.3 Å². The highest BCUT2D eigenvalue weighted by Gasteiger charge is 2.29. The van der Waals surface area contributed by atoms with Gasteiger partial charge >= 0.3 is 0 Å². The van der Waals surface area contributed by atoms with Crippen LogP contribution in [0.5, 0.6) is 0 Å². The van der Waals surface area contributed by atoms with Gasteiger partial charge in [0.25, 0.3) is 0 Å². The van der Waals surface area contributed by atoms with Crippen LogP contribution in [0.1, 0.15) is 23.9 Å². The van der Waals surface area contributed by atoms with Crippen molar-refractivity contribution in [1.82, 2.24) is 19.7 Å². The van der Waals surface area contributed by atoms with E-state index in [1.165, 1.54) is 18.3 Å². The van der Waals surface area contributed by atoms with E-state index in [2.05, 4.69) is 15.3 Å². The zero-order valence-electron chi connectivity index (χ0n) is 14.6. The number of carbonyl (C=O) groups is 1. The van der Waals surface area contributed by atoms with Gasteiger partial charge in [-0.3, -0.25) is 14.5 Å². The minimum Gasteiger partial charge on any atom is -0.394 e. The summed E-state index contributed by atoms with van der Waals surface area (Å²) in [5, 5.41) is 17.6. The molecule has 1 aliphatic carbocycles. The van der Waals surface area contributed by atoms with Gasteiger partial charge in [-0.25, -0.2) is 4.98 Å². The van der Waals surface area contributed by atoms with Gasteiger partial charge in [0.05, 0.1) is 35.1 Å². The smallest absolute Gasteiger partial charge is 0.223 e. The number of nitrogens with zero attached hydrogens (tertiary/aromatic N) is 4. The van der Waals surface area contributed by atoms with E-state index >= 15 is 0 Å². The molecule has 3 aromatic heterocycles. The van der Waals surface area contributed by atoms with Crippen LogP contribution in [0, 0.1) is 6.92 Å². The molecule has 0 fully saturated rings. The average molecular weight is 369 g/mol. The summed E-state index contributed by atoms with van der Waals surface area (Å²) in [6, 6.07) is 4.00. The topological polar surface area (TPSA) is 92.9 Å². The van der Waals surface area contributed by atoms with E-state index in [-0.39, 0.29) is 12.5 Å². The first kappa shape index (κ1) is 16.9. The molecule has 0 aromatic carbocycles. The third kappa shape index (κ3) is 2.91. The predicted molar refractivity (Wildman–Crippen MR) is 100 cm³/mol. The van der Waals surface area contributed by atoms with Crippen molar-refractivity contribution in [1.29, 1.82) is 0 Å². The molecule has 0 radical (unpaired) electrons. The summed E-state index contributed by atoms with van der Waals surface area (Å²) in [5.74, 6) is -0.133. The fraction of sp³-hybridized carbons (Fsp3) is 0.333. The molecule has 8 heteroatoms. The molecule has 0 spiro atoms. The molecule has 134 valence electrons. The van der Waals surface area contributed by atoms with Crippen molar-refractivity contribution in [3.63, 3.8) is 0 Å². The molecular formula is C18H19N5O2S. The molecule has 3 aromatic rings. The third-order valence-electron chi connectivity index (χ3n) is 4.35. The Morgan fingerprint density at radius 3 is 2.92 bits per heavy atom. The van der Waals surface area contributed by atoms with Crippen molar-refractivity contribution in [3.8, 4) is 21.8 Å². The Morgan fingerprint density at radius 1 is 1.38 bits per heavy atom. The van der Waals surface area contributed by atoms with E-state index in [1.807, 2.05) is 29.9 Å². The van der Waals surface area contributed by atoms with Crippen LogP contribution in [0.3, 0.4) is 0 Å². The van der Waals surface area contributed by atoms with Crippen LogP contribution >= 0.6 is 11.3 Å². The number of anilines is 1. The highest BCUT2D eigenvalue weighted by molar-refractivity contribution is 7.19. The Balaban J connectivity index is 1.85. The second kappa shape index (κ2) is 6.62. The van der Waals surface area contributed by atoms with Gasteiger partial charge in [-0.15, -0.1) is 0 Å². The number of hydrogen-bond acceptors (Lipinski definition) is 6. The van der Waals surface area contributed by atoms with Gasteiger partial charge in [-0.05, 0) is 31.9 Å². The Morgan fingerprint density at radius 2 is 2.23 bits per heavy atom. The maximum atomic E-state index is 11.4. The third-order valence-corrected chi connectivity index (χ3v) is 5.37. The Hall–Kier alpha value is -2.58. The summed E-state index contributed by atoms with van der Waals surface area (Å²) in [6.45, 7) is 3.85. The maximum absolute atomic E-state index is 11.4. The van der Waals surface area contributed by atoms with Crippen LogP contribution in [0.25, 0.3) is 21.8 Å². The second-order valence-electron chi connectivity index (χ2n) is 6.29. The Bertz CT molecular complexity index is 974. The highest BCUT2D eigenvalue weighted by atomic mass is 32.1. The number of nitrogens with one attached hydrogen (secondary N) is 1. The van der Waals surface area contributed by atoms with Crippen molar-refractivity contribution in [2.45, 2.75) is 33.2 Å². The molecule has 0 saturated carbocycles. The Kier molecular flexibility index (Phi) is 4.29. The minimum atomic E-state index is -0.133. The lowest BCUT2D eigenvalue weighted by Gasteiger charge is -2.13. The predicted octanol–water partition coefficient (Wildman–Crippen LogP) is 2.43. The standard InChI is InChI=1S/C18H19N5O2S/c1-10-3-4-12(9-19-10)15-13-5-6-14-17(16(13)23(22-15)7-8-24)26-18(21-14)20-11(2)25/h3-4,9,24H,5-8H2,1-2H3,(H,20,21,25). The van der Waals surface area contributed by atoms with Crippen LogP contribution in [-0.2, 0) is 24.2 Å². The number of aryl methyl sites for hydroxylation is 2. The lowest BCUT2D eigenvalue weighted by molar-refractivity contribution is -0.114. The number of carbonyl (C=O) groups excluding carboxylic acids is 1. The van der Waals surface area contributed by atoms with Gasteiger partial charge in [0.2, 0.25) is 5.91 Å². The van der Waals surface area contributed by atoms with Crippen LogP contribution in [0.4, 0.5) is 5.13 Å². The number of aliphatic hydroxyl groups excluding tert-OH is 1. The summed E-state index contributed by atoms with van der Waals surface area (Å²) in [7, 11) is 0. The summed E-state index contributed by atoms with van der Waals surface area (Å²) < 4.78 is 1.85. The van der Waals surface area contributed by atoms with Gasteiger partial charge in [-0.2, -0.15) is 5.10 Å². The SMILES string of the molecule is CC(=O)Nc1nc2c(s1)-c1c(c(-c3ccc(C)nc3)nn1CCO)CC2. The van der Waals surface area contributed by atoms with Crippen molar-refractivity contribution < 1.29 is 9.90 Å². The molecule has 4 rings (SSSR count). The first-order chi connectivity index (χ1) is 12.6. The molecule has 3 heterocycles. The molecular weight excluding hydrogens is 350 g/mol. The van der Waals surface area contributed by atoms with Gasteiger partial charge in [0.1, 0.15) is 0 Å². The zero-order chi connectivity index (χ0) is 18.3. The molecule has 1 aliphatic rings. The summed E-state index contributed by atoms with van der Waals surface area (Å²) in [6.07, 6.45) is 3.46. The lowest BCUT2D eigenvalue weighted by Crippen LogP contribution is -2.09. The monoisotopic (exact) mass is 369 g/mol. The summed E-state index contributed by atoms with van der Waals surface area (Å²) >= 11 is 1.46. The van der Waals surface area contributed by atoms with E-state index in [9.17, 15) is 9.90 Å². The molecule has 0 atom stereocenters. The van der Waals surface area contributed by atoms with E-state index in [4.69, 9.17) is 5.10 Å². The average Bonchev–Trinajstić information content (AvgIpc) is 3.16. The van der Waals surface area contributed by atoms with Crippen molar-refractivity contribution >= 4 is 22.4 Å². The largest absolute Gasteiger partial charge is 0.394 e.